The Bertz CT molecular complexity index is 1130. The van der Waals surface area contributed by atoms with Crippen molar-refractivity contribution in [2.75, 3.05) is 0 Å². The molecule has 0 aromatic carbocycles. The van der Waals surface area contributed by atoms with Gasteiger partial charge < -0.3 is 4.57 Å². The summed E-state index contributed by atoms with van der Waals surface area (Å²) in [6.45, 7) is 7.41. The van der Waals surface area contributed by atoms with E-state index in [0.29, 0.717) is 18.0 Å². The summed E-state index contributed by atoms with van der Waals surface area (Å²) < 4.78 is 5.71. The van der Waals surface area contributed by atoms with Crippen LogP contribution in [0.1, 0.15) is 31.7 Å². The van der Waals surface area contributed by atoms with Gasteiger partial charge in [-0.25, -0.2) is 9.48 Å². The summed E-state index contributed by atoms with van der Waals surface area (Å²) in [5, 5.41) is 4.45. The monoisotopic (exact) mass is 358 g/mol. The summed E-state index contributed by atoms with van der Waals surface area (Å²) in [5.74, 6) is 0.226. The molecule has 0 aliphatic carbocycles. The number of fused-ring (bicyclic) bond motifs is 1. The Hall–Kier alpha value is -2.97. The third kappa shape index (κ3) is 2.69. The molecule has 0 spiro atoms. The number of carbonyl (C=O) groups is 1. The number of Topliss-reactive ketones (excluding diaryl/α,β-unsaturated/α-hetero) is 1. The lowest BCUT2D eigenvalue weighted by Crippen LogP contribution is -2.41. The van der Waals surface area contributed by atoms with Crippen molar-refractivity contribution in [3.63, 3.8) is 0 Å². The Morgan fingerprint density at radius 3 is 2.42 bits per heavy atom. The molecule has 0 amide bonds. The van der Waals surface area contributed by atoms with E-state index < -0.39 is 11.2 Å². The minimum atomic E-state index is -0.557. The van der Waals surface area contributed by atoms with Crippen LogP contribution in [-0.4, -0.2) is 34.2 Å². The van der Waals surface area contributed by atoms with Gasteiger partial charge in [0, 0.05) is 19.3 Å². The van der Waals surface area contributed by atoms with Crippen LogP contribution in [0, 0.1) is 13.8 Å². The van der Waals surface area contributed by atoms with Gasteiger partial charge in [0.05, 0.1) is 12.2 Å². The van der Waals surface area contributed by atoms with E-state index >= 15 is 0 Å². The number of hydrogen-bond donors (Lipinski definition) is 0. The normalized spacial score (nSPS) is 11.4. The Kier molecular flexibility index (Phi) is 4.39. The van der Waals surface area contributed by atoms with Gasteiger partial charge in [0.2, 0.25) is 5.95 Å². The van der Waals surface area contributed by atoms with Crippen molar-refractivity contribution in [3.05, 3.63) is 38.3 Å². The summed E-state index contributed by atoms with van der Waals surface area (Å²) in [4.78, 5) is 41.6. The van der Waals surface area contributed by atoms with Gasteiger partial charge in [-0.2, -0.15) is 10.1 Å². The second-order valence-corrected chi connectivity index (χ2v) is 6.51. The van der Waals surface area contributed by atoms with E-state index in [-0.39, 0.29) is 18.0 Å². The molecule has 0 unspecified atom stereocenters. The van der Waals surface area contributed by atoms with Crippen LogP contribution in [0.4, 0.5) is 0 Å². The molecule has 0 fully saturated rings. The number of rotatable bonds is 5. The number of aryl methyl sites for hydroxylation is 4. The largest absolute Gasteiger partial charge is 0.332 e. The first-order chi connectivity index (χ1) is 12.3. The van der Waals surface area contributed by atoms with Crippen molar-refractivity contribution in [2.45, 2.75) is 47.2 Å². The van der Waals surface area contributed by atoms with Crippen LogP contribution >= 0.6 is 0 Å². The Morgan fingerprint density at radius 1 is 1.19 bits per heavy atom. The summed E-state index contributed by atoms with van der Waals surface area (Å²) in [7, 11) is 1.55. The number of imidazole rings is 1. The van der Waals surface area contributed by atoms with Crippen molar-refractivity contribution in [2.24, 2.45) is 7.05 Å². The van der Waals surface area contributed by atoms with Gasteiger partial charge in [-0.3, -0.25) is 18.7 Å². The van der Waals surface area contributed by atoms with Crippen molar-refractivity contribution < 1.29 is 4.79 Å². The predicted molar refractivity (Wildman–Crippen MR) is 96.8 cm³/mol. The van der Waals surface area contributed by atoms with E-state index in [0.717, 1.165) is 22.4 Å². The second-order valence-electron chi connectivity index (χ2n) is 6.51. The highest BCUT2D eigenvalue weighted by Gasteiger charge is 2.22. The lowest BCUT2D eigenvalue weighted by Gasteiger charge is -2.10. The molecule has 26 heavy (non-hydrogen) atoms. The third-order valence-corrected chi connectivity index (χ3v) is 4.24. The zero-order valence-electron chi connectivity index (χ0n) is 15.6. The predicted octanol–water partition coefficient (Wildman–Crippen LogP) is 0.698. The van der Waals surface area contributed by atoms with Crippen LogP contribution in [0.5, 0.6) is 0 Å². The molecule has 0 atom stereocenters. The van der Waals surface area contributed by atoms with Crippen LogP contribution in [0.25, 0.3) is 17.1 Å². The fourth-order valence-corrected chi connectivity index (χ4v) is 3.15. The van der Waals surface area contributed by atoms with Crippen molar-refractivity contribution in [3.8, 4) is 5.95 Å². The zero-order valence-corrected chi connectivity index (χ0v) is 15.6. The van der Waals surface area contributed by atoms with Crippen LogP contribution in [0.15, 0.2) is 15.7 Å². The quantitative estimate of drug-likeness (QED) is 0.669. The molecule has 0 saturated carbocycles. The zero-order chi connectivity index (χ0) is 19.2. The maximum absolute atomic E-state index is 13.0. The van der Waals surface area contributed by atoms with E-state index in [9.17, 15) is 14.4 Å². The summed E-state index contributed by atoms with van der Waals surface area (Å²) in [6.07, 6.45) is 0.771. The molecule has 0 radical (unpaired) electrons. The molecular formula is C17H22N6O3. The lowest BCUT2D eigenvalue weighted by atomic mass is 10.4. The molecule has 9 nitrogen and oxygen atoms in total. The number of carbonyl (C=O) groups excluding carboxylic acids is 1. The van der Waals surface area contributed by atoms with Crippen molar-refractivity contribution in [1.29, 1.82) is 0 Å². The molecule has 3 rings (SSSR count). The van der Waals surface area contributed by atoms with E-state index in [1.807, 2.05) is 26.8 Å². The molecule has 0 bridgehead atoms. The summed E-state index contributed by atoms with van der Waals surface area (Å²) in [5.41, 5.74) is 1.24. The first-order valence-electron chi connectivity index (χ1n) is 8.49. The smallest absolute Gasteiger partial charge is 0.302 e. The van der Waals surface area contributed by atoms with Crippen LogP contribution in [-0.2, 0) is 24.9 Å². The highest BCUT2D eigenvalue weighted by Crippen LogP contribution is 2.17. The fraction of sp³-hybridized carbons (Fsp3) is 0.471. The first-order valence-corrected chi connectivity index (χ1v) is 8.49. The standard InChI is InChI=1S/C17H22N6O3/c1-6-7-21-13-14(18-16(21)23-11(3)8-10(2)19-23)20(5)17(26)22(15(13)25)9-12(4)24/h8H,6-7,9H2,1-5H3. The highest BCUT2D eigenvalue weighted by atomic mass is 16.2. The molecule has 9 heteroatoms. The number of nitrogens with zero attached hydrogens (tertiary/aromatic N) is 6. The van der Waals surface area contributed by atoms with Gasteiger partial charge in [-0.1, -0.05) is 6.92 Å². The van der Waals surface area contributed by atoms with Gasteiger partial charge in [-0.15, -0.1) is 0 Å². The van der Waals surface area contributed by atoms with Crippen molar-refractivity contribution >= 4 is 16.9 Å². The van der Waals surface area contributed by atoms with E-state index in [1.54, 1.807) is 16.3 Å². The molecule has 138 valence electrons. The number of aromatic nitrogens is 6. The van der Waals surface area contributed by atoms with Gasteiger partial charge in [0.25, 0.3) is 5.56 Å². The van der Waals surface area contributed by atoms with Gasteiger partial charge >= 0.3 is 5.69 Å². The van der Waals surface area contributed by atoms with Gasteiger partial charge in [0.15, 0.2) is 11.2 Å². The maximum Gasteiger partial charge on any atom is 0.332 e. The lowest BCUT2D eigenvalue weighted by molar-refractivity contribution is -0.117. The van der Waals surface area contributed by atoms with E-state index in [4.69, 9.17) is 0 Å². The molecule has 0 N–H and O–H groups in total. The number of hydrogen-bond acceptors (Lipinski definition) is 5. The molecule has 3 heterocycles. The van der Waals surface area contributed by atoms with Gasteiger partial charge in [0.1, 0.15) is 5.78 Å². The summed E-state index contributed by atoms with van der Waals surface area (Å²) in [6, 6.07) is 1.92. The van der Waals surface area contributed by atoms with Crippen molar-refractivity contribution in [1.82, 2.24) is 28.5 Å². The molecular weight excluding hydrogens is 336 g/mol. The minimum absolute atomic E-state index is 0.256. The molecule has 0 saturated heterocycles. The highest BCUT2D eigenvalue weighted by molar-refractivity contribution is 5.76. The second kappa shape index (κ2) is 6.40. The average Bonchev–Trinajstić information content (AvgIpc) is 3.09. The topological polar surface area (TPSA) is 96.7 Å². The average molecular weight is 358 g/mol. The molecule has 3 aromatic rings. The van der Waals surface area contributed by atoms with Gasteiger partial charge in [-0.05, 0) is 33.3 Å². The summed E-state index contributed by atoms with van der Waals surface area (Å²) >= 11 is 0. The van der Waals surface area contributed by atoms with Crippen LogP contribution < -0.4 is 11.2 Å². The van der Waals surface area contributed by atoms with Crippen LogP contribution in [0.3, 0.4) is 0 Å². The Labute approximate surface area is 149 Å². The first kappa shape index (κ1) is 17.8. The molecule has 3 aromatic heterocycles. The minimum Gasteiger partial charge on any atom is -0.302 e. The number of ketones is 1. The SMILES string of the molecule is CCCn1c(-n2nc(C)cc2C)nc2c1c(=O)n(CC(C)=O)c(=O)n2C. The molecule has 0 aliphatic heterocycles. The third-order valence-electron chi connectivity index (χ3n) is 4.24. The Morgan fingerprint density at radius 2 is 1.88 bits per heavy atom. The molecule has 0 aliphatic rings. The van der Waals surface area contributed by atoms with E-state index in [2.05, 4.69) is 10.1 Å². The maximum atomic E-state index is 13.0. The Balaban J connectivity index is 2.44. The fourth-order valence-electron chi connectivity index (χ4n) is 3.15. The van der Waals surface area contributed by atoms with Crippen LogP contribution in [0.2, 0.25) is 0 Å². The van der Waals surface area contributed by atoms with E-state index in [1.165, 1.54) is 11.5 Å².